The van der Waals surface area contributed by atoms with E-state index < -0.39 is 18.5 Å². The minimum absolute atomic E-state index is 0.146. The second-order valence-electron chi connectivity index (χ2n) is 8.21. The molecule has 8 heteroatoms. The predicted molar refractivity (Wildman–Crippen MR) is 128 cm³/mol. The van der Waals surface area contributed by atoms with Crippen molar-refractivity contribution < 1.29 is 28.2 Å². The van der Waals surface area contributed by atoms with Crippen LogP contribution in [0.1, 0.15) is 33.8 Å². The second kappa shape index (κ2) is 8.64. The zero-order valence-corrected chi connectivity index (χ0v) is 18.6. The van der Waals surface area contributed by atoms with Crippen molar-refractivity contribution in [3.05, 3.63) is 83.4 Å². The maximum absolute atomic E-state index is 13.2. The first kappa shape index (κ1) is 21.0. The van der Waals surface area contributed by atoms with E-state index in [1.165, 1.54) is 0 Å². The van der Waals surface area contributed by atoms with E-state index >= 15 is 0 Å². The van der Waals surface area contributed by atoms with Crippen LogP contribution in [0.4, 0.5) is 5.69 Å². The first-order valence-corrected chi connectivity index (χ1v) is 11.2. The van der Waals surface area contributed by atoms with Gasteiger partial charge < -0.3 is 23.9 Å². The molecule has 35 heavy (non-hydrogen) atoms. The number of nitrogens with zero attached hydrogens (tertiary/aromatic N) is 1. The van der Waals surface area contributed by atoms with Crippen LogP contribution < -0.4 is 14.8 Å². The Morgan fingerprint density at radius 1 is 1.03 bits per heavy atom. The van der Waals surface area contributed by atoms with Crippen LogP contribution in [-0.2, 0) is 16.0 Å². The minimum atomic E-state index is -0.556. The van der Waals surface area contributed by atoms with Crippen molar-refractivity contribution in [1.29, 1.82) is 0 Å². The summed E-state index contributed by atoms with van der Waals surface area (Å²) in [5.74, 6) is 0.892. The number of esters is 1. The zero-order valence-electron chi connectivity index (χ0n) is 18.6. The lowest BCUT2D eigenvalue weighted by Crippen LogP contribution is -2.21. The van der Waals surface area contributed by atoms with Gasteiger partial charge in [0.05, 0.1) is 23.0 Å². The van der Waals surface area contributed by atoms with Crippen LogP contribution in [0.15, 0.2) is 65.3 Å². The molecule has 3 heterocycles. The molecule has 0 fully saturated rings. The van der Waals surface area contributed by atoms with Gasteiger partial charge >= 0.3 is 5.97 Å². The number of para-hydroxylation sites is 1. The van der Waals surface area contributed by atoms with Gasteiger partial charge in [-0.15, -0.1) is 0 Å². The normalized spacial score (nSPS) is 14.8. The molecule has 0 saturated carbocycles. The van der Waals surface area contributed by atoms with E-state index in [1.807, 2.05) is 42.5 Å². The molecule has 174 valence electrons. The fraction of sp³-hybridized carbons (Fsp3) is 0.148. The van der Waals surface area contributed by atoms with E-state index in [1.54, 1.807) is 24.5 Å². The Morgan fingerprint density at radius 3 is 2.80 bits per heavy atom. The van der Waals surface area contributed by atoms with Gasteiger partial charge in [0.15, 0.2) is 18.1 Å². The third-order valence-electron chi connectivity index (χ3n) is 6.00. The average molecular weight is 468 g/mol. The van der Waals surface area contributed by atoms with Gasteiger partial charge in [0.1, 0.15) is 5.76 Å². The van der Waals surface area contributed by atoms with Gasteiger partial charge in [-0.3, -0.25) is 4.79 Å². The lowest BCUT2D eigenvalue weighted by Gasteiger charge is -2.12. The average Bonchev–Trinajstić information content (AvgIpc) is 3.63. The molecule has 1 N–H and O–H groups in total. The SMILES string of the molecule is O=C(COC(=O)c1c2c(nc3ccccc13)/C(=C/c1ccco1)CC2)Nc1ccc2c(c1)OCO2. The van der Waals surface area contributed by atoms with Crippen molar-refractivity contribution >= 4 is 40.1 Å². The first-order chi connectivity index (χ1) is 17.2. The molecular weight excluding hydrogens is 448 g/mol. The summed E-state index contributed by atoms with van der Waals surface area (Å²) in [7, 11) is 0. The Kier molecular flexibility index (Phi) is 5.18. The highest BCUT2D eigenvalue weighted by atomic mass is 16.7. The maximum Gasteiger partial charge on any atom is 0.339 e. The molecule has 0 bridgehead atoms. The predicted octanol–water partition coefficient (Wildman–Crippen LogP) is 4.84. The number of hydrogen-bond acceptors (Lipinski definition) is 7. The van der Waals surface area contributed by atoms with Gasteiger partial charge in [0, 0.05) is 17.1 Å². The zero-order chi connectivity index (χ0) is 23.8. The number of hydrogen-bond donors (Lipinski definition) is 1. The van der Waals surface area contributed by atoms with Crippen LogP contribution in [0.25, 0.3) is 22.6 Å². The van der Waals surface area contributed by atoms with Crippen LogP contribution in [0.3, 0.4) is 0 Å². The van der Waals surface area contributed by atoms with E-state index in [9.17, 15) is 9.59 Å². The van der Waals surface area contributed by atoms with E-state index in [0.717, 1.165) is 29.0 Å². The fourth-order valence-corrected chi connectivity index (χ4v) is 4.43. The first-order valence-electron chi connectivity index (χ1n) is 11.2. The Morgan fingerprint density at radius 2 is 1.91 bits per heavy atom. The van der Waals surface area contributed by atoms with E-state index in [0.29, 0.717) is 40.1 Å². The molecule has 2 aromatic carbocycles. The molecule has 1 aliphatic carbocycles. The highest BCUT2D eigenvalue weighted by molar-refractivity contribution is 6.08. The van der Waals surface area contributed by atoms with Crippen molar-refractivity contribution in [3.8, 4) is 11.5 Å². The number of carbonyl (C=O) groups excluding carboxylic acids is 2. The van der Waals surface area contributed by atoms with Crippen molar-refractivity contribution in [2.24, 2.45) is 0 Å². The number of allylic oxidation sites excluding steroid dienone is 1. The molecular formula is C27H20N2O6. The highest BCUT2D eigenvalue weighted by Gasteiger charge is 2.28. The standard InChI is InChI=1S/C27H20N2O6/c30-24(28-17-8-10-22-23(13-17)35-15-34-22)14-33-27(31)25-19-5-1-2-6-21(19)29-26-16(7-9-20(25)26)12-18-4-3-11-32-18/h1-6,8,10-13H,7,9,14-15H2,(H,28,30)/b16-12+. The summed E-state index contributed by atoms with van der Waals surface area (Å²) in [5, 5.41) is 3.42. The number of pyridine rings is 1. The van der Waals surface area contributed by atoms with Crippen molar-refractivity contribution in [2.75, 3.05) is 18.7 Å². The van der Waals surface area contributed by atoms with Crippen molar-refractivity contribution in [2.45, 2.75) is 12.8 Å². The van der Waals surface area contributed by atoms with E-state index in [-0.39, 0.29) is 6.79 Å². The molecule has 2 aromatic heterocycles. The minimum Gasteiger partial charge on any atom is -0.465 e. The number of amides is 1. The summed E-state index contributed by atoms with van der Waals surface area (Å²) >= 11 is 0. The highest BCUT2D eigenvalue weighted by Crippen LogP contribution is 2.38. The third kappa shape index (κ3) is 3.99. The molecule has 1 amide bonds. The third-order valence-corrected chi connectivity index (χ3v) is 6.00. The number of fused-ring (bicyclic) bond motifs is 3. The van der Waals surface area contributed by atoms with E-state index in [2.05, 4.69) is 5.32 Å². The molecule has 0 radical (unpaired) electrons. The Balaban J connectivity index is 1.25. The van der Waals surface area contributed by atoms with Gasteiger partial charge in [-0.05, 0) is 60.4 Å². The van der Waals surface area contributed by atoms with Crippen LogP contribution in [0.2, 0.25) is 0 Å². The summed E-state index contributed by atoms with van der Waals surface area (Å²) in [5.41, 5.74) is 4.24. The molecule has 4 aromatic rings. The fourth-order valence-electron chi connectivity index (χ4n) is 4.43. The van der Waals surface area contributed by atoms with Gasteiger partial charge in [-0.25, -0.2) is 9.78 Å². The molecule has 0 saturated heterocycles. The molecule has 0 spiro atoms. The quantitative estimate of drug-likeness (QED) is 0.419. The topological polar surface area (TPSA) is 99.9 Å². The van der Waals surface area contributed by atoms with Gasteiger partial charge in [0.25, 0.3) is 5.91 Å². The van der Waals surface area contributed by atoms with Gasteiger partial charge in [-0.2, -0.15) is 0 Å². The number of aromatic nitrogens is 1. The van der Waals surface area contributed by atoms with Crippen LogP contribution in [-0.4, -0.2) is 30.3 Å². The van der Waals surface area contributed by atoms with Gasteiger partial charge in [0.2, 0.25) is 6.79 Å². The number of nitrogens with one attached hydrogen (secondary N) is 1. The molecule has 6 rings (SSSR count). The number of ether oxygens (including phenoxy) is 3. The number of carbonyl (C=O) groups is 2. The van der Waals surface area contributed by atoms with Crippen LogP contribution in [0.5, 0.6) is 11.5 Å². The Bertz CT molecular complexity index is 1490. The Labute approximate surface area is 200 Å². The summed E-state index contributed by atoms with van der Waals surface area (Å²) in [6.07, 6.45) is 4.94. The molecule has 2 aliphatic rings. The monoisotopic (exact) mass is 468 g/mol. The smallest absolute Gasteiger partial charge is 0.339 e. The van der Waals surface area contributed by atoms with Crippen molar-refractivity contribution in [3.63, 3.8) is 0 Å². The summed E-state index contributed by atoms with van der Waals surface area (Å²) in [4.78, 5) is 30.6. The number of benzene rings is 2. The molecule has 0 unspecified atom stereocenters. The molecule has 8 nitrogen and oxygen atoms in total. The summed E-state index contributed by atoms with van der Waals surface area (Å²) in [6, 6.07) is 16.2. The molecule has 0 atom stereocenters. The lowest BCUT2D eigenvalue weighted by atomic mass is 10.0. The summed E-state index contributed by atoms with van der Waals surface area (Å²) < 4.78 is 21.5. The largest absolute Gasteiger partial charge is 0.465 e. The van der Waals surface area contributed by atoms with Gasteiger partial charge in [-0.1, -0.05) is 18.2 Å². The number of anilines is 1. The van der Waals surface area contributed by atoms with Crippen molar-refractivity contribution in [1.82, 2.24) is 4.98 Å². The van der Waals surface area contributed by atoms with Crippen LogP contribution in [0, 0.1) is 0 Å². The lowest BCUT2D eigenvalue weighted by molar-refractivity contribution is -0.119. The Hall–Kier alpha value is -4.59. The van der Waals surface area contributed by atoms with Crippen LogP contribution >= 0.6 is 0 Å². The number of furan rings is 1. The maximum atomic E-state index is 13.2. The number of rotatable bonds is 5. The van der Waals surface area contributed by atoms with E-state index in [4.69, 9.17) is 23.6 Å². The molecule has 1 aliphatic heterocycles. The summed E-state index contributed by atoms with van der Waals surface area (Å²) in [6.45, 7) is -0.277. The second-order valence-corrected chi connectivity index (χ2v) is 8.21.